The van der Waals surface area contributed by atoms with Gasteiger partial charge in [0.2, 0.25) is 0 Å². The van der Waals surface area contributed by atoms with Crippen molar-refractivity contribution >= 4 is 0 Å². The fraction of sp³-hybridized carbons (Fsp3) is 0.750. The molecule has 1 aliphatic rings. The second-order valence-electron chi connectivity index (χ2n) is 5.67. The molecule has 1 saturated carbocycles. The Balaban J connectivity index is 2.46. The number of nitrogens with zero attached hydrogens (tertiary/aromatic N) is 1. The van der Waals surface area contributed by atoms with Crippen LogP contribution in [0, 0.1) is 6.92 Å². The summed E-state index contributed by atoms with van der Waals surface area (Å²) >= 11 is 0. The number of hydrogen-bond acceptors (Lipinski definition) is 3. The SMILES string of the molecule is CCOC1(c2nc(C)c(CC)c(=O)[nH]2)CCCCCC1. The standard InChI is InChI=1S/C16H26N2O2/c1-4-13-12(3)17-15(18-14(13)19)16(20-5-2)10-8-6-7-9-11-16/h4-11H2,1-3H3,(H,17,18,19). The molecule has 1 heterocycles. The minimum absolute atomic E-state index is 0.00155. The van der Waals surface area contributed by atoms with E-state index in [0.717, 1.165) is 49.2 Å². The summed E-state index contributed by atoms with van der Waals surface area (Å²) in [5.41, 5.74) is 1.24. The number of H-pyrrole nitrogens is 1. The molecule has 0 bridgehead atoms. The Morgan fingerprint density at radius 1 is 1.20 bits per heavy atom. The van der Waals surface area contributed by atoms with E-state index in [0.29, 0.717) is 6.61 Å². The number of nitrogens with one attached hydrogen (secondary N) is 1. The molecule has 1 aliphatic carbocycles. The smallest absolute Gasteiger partial charge is 0.254 e. The maximum absolute atomic E-state index is 12.2. The summed E-state index contributed by atoms with van der Waals surface area (Å²) in [6, 6.07) is 0. The van der Waals surface area contributed by atoms with Gasteiger partial charge in [-0.25, -0.2) is 4.98 Å². The molecule has 2 rings (SSSR count). The maximum Gasteiger partial charge on any atom is 0.254 e. The van der Waals surface area contributed by atoms with Gasteiger partial charge in [-0.15, -0.1) is 0 Å². The fourth-order valence-electron chi connectivity index (χ4n) is 3.27. The second-order valence-corrected chi connectivity index (χ2v) is 5.67. The Hall–Kier alpha value is -1.16. The van der Waals surface area contributed by atoms with Crippen LogP contribution in [-0.4, -0.2) is 16.6 Å². The first-order valence-corrected chi connectivity index (χ1v) is 7.87. The average molecular weight is 278 g/mol. The van der Waals surface area contributed by atoms with E-state index in [-0.39, 0.29) is 11.2 Å². The van der Waals surface area contributed by atoms with Gasteiger partial charge in [0, 0.05) is 17.9 Å². The monoisotopic (exact) mass is 278 g/mol. The number of aryl methyl sites for hydroxylation is 1. The summed E-state index contributed by atoms with van der Waals surface area (Å²) in [5.74, 6) is 0.737. The Bertz CT molecular complexity index is 500. The first kappa shape index (κ1) is 15.2. The lowest BCUT2D eigenvalue weighted by Crippen LogP contribution is -2.35. The number of aromatic nitrogens is 2. The average Bonchev–Trinajstić information content (AvgIpc) is 2.65. The van der Waals surface area contributed by atoms with Crippen LogP contribution < -0.4 is 5.56 Å². The van der Waals surface area contributed by atoms with Crippen molar-refractivity contribution in [1.29, 1.82) is 0 Å². The molecule has 0 unspecified atom stereocenters. The normalized spacial score (nSPS) is 18.8. The van der Waals surface area contributed by atoms with Gasteiger partial charge in [0.15, 0.2) is 0 Å². The molecular weight excluding hydrogens is 252 g/mol. The van der Waals surface area contributed by atoms with E-state index in [1.165, 1.54) is 12.8 Å². The Morgan fingerprint density at radius 3 is 2.35 bits per heavy atom. The van der Waals surface area contributed by atoms with E-state index in [1.54, 1.807) is 0 Å². The number of rotatable bonds is 4. The molecule has 1 aromatic heterocycles. The third kappa shape index (κ3) is 2.95. The summed E-state index contributed by atoms with van der Waals surface area (Å²) in [7, 11) is 0. The van der Waals surface area contributed by atoms with Gasteiger partial charge in [-0.05, 0) is 33.1 Å². The van der Waals surface area contributed by atoms with Crippen molar-refractivity contribution in [3.05, 3.63) is 27.4 Å². The van der Waals surface area contributed by atoms with Crippen molar-refractivity contribution in [3.63, 3.8) is 0 Å². The van der Waals surface area contributed by atoms with Crippen molar-refractivity contribution in [2.75, 3.05) is 6.61 Å². The molecule has 0 aliphatic heterocycles. The van der Waals surface area contributed by atoms with E-state index in [1.807, 2.05) is 20.8 Å². The molecule has 0 atom stereocenters. The van der Waals surface area contributed by atoms with Gasteiger partial charge in [-0.1, -0.05) is 32.6 Å². The topological polar surface area (TPSA) is 55.0 Å². The molecular formula is C16H26N2O2. The summed E-state index contributed by atoms with van der Waals surface area (Å²) in [4.78, 5) is 19.9. The molecule has 0 amide bonds. The van der Waals surface area contributed by atoms with Gasteiger partial charge in [-0.3, -0.25) is 4.79 Å². The molecule has 1 N–H and O–H groups in total. The van der Waals surface area contributed by atoms with E-state index >= 15 is 0 Å². The minimum Gasteiger partial charge on any atom is -0.367 e. The van der Waals surface area contributed by atoms with Crippen LogP contribution in [0.3, 0.4) is 0 Å². The lowest BCUT2D eigenvalue weighted by Gasteiger charge is -2.31. The molecule has 0 spiro atoms. The second kappa shape index (κ2) is 6.53. The molecule has 4 heteroatoms. The minimum atomic E-state index is -0.387. The highest BCUT2D eigenvalue weighted by atomic mass is 16.5. The van der Waals surface area contributed by atoms with Crippen LogP contribution >= 0.6 is 0 Å². The van der Waals surface area contributed by atoms with Gasteiger partial charge in [0.1, 0.15) is 11.4 Å². The van der Waals surface area contributed by atoms with Crippen LogP contribution in [0.5, 0.6) is 0 Å². The molecule has 0 aromatic carbocycles. The van der Waals surface area contributed by atoms with Crippen molar-refractivity contribution in [3.8, 4) is 0 Å². The van der Waals surface area contributed by atoms with Crippen LogP contribution in [-0.2, 0) is 16.8 Å². The lowest BCUT2D eigenvalue weighted by molar-refractivity contribution is -0.0627. The van der Waals surface area contributed by atoms with Gasteiger partial charge in [0.25, 0.3) is 5.56 Å². The predicted molar refractivity (Wildman–Crippen MR) is 80.0 cm³/mol. The van der Waals surface area contributed by atoms with Crippen molar-refractivity contribution in [1.82, 2.24) is 9.97 Å². The van der Waals surface area contributed by atoms with Crippen LogP contribution in [0.15, 0.2) is 4.79 Å². The van der Waals surface area contributed by atoms with E-state index < -0.39 is 0 Å². The summed E-state index contributed by atoms with van der Waals surface area (Å²) in [6.45, 7) is 6.58. The Labute approximate surface area is 121 Å². The molecule has 112 valence electrons. The van der Waals surface area contributed by atoms with E-state index in [4.69, 9.17) is 4.74 Å². The highest BCUT2D eigenvalue weighted by Gasteiger charge is 2.36. The fourth-order valence-corrected chi connectivity index (χ4v) is 3.27. The van der Waals surface area contributed by atoms with Gasteiger partial charge < -0.3 is 9.72 Å². The number of hydrogen-bond donors (Lipinski definition) is 1. The summed E-state index contributed by atoms with van der Waals surface area (Å²) < 4.78 is 6.09. The zero-order valence-electron chi connectivity index (χ0n) is 12.9. The molecule has 0 radical (unpaired) electrons. The van der Waals surface area contributed by atoms with Gasteiger partial charge >= 0.3 is 0 Å². The molecule has 4 nitrogen and oxygen atoms in total. The first-order valence-electron chi connectivity index (χ1n) is 7.87. The van der Waals surface area contributed by atoms with Crippen molar-refractivity contribution in [2.45, 2.75) is 71.3 Å². The quantitative estimate of drug-likeness (QED) is 0.860. The third-order valence-corrected chi connectivity index (χ3v) is 4.34. The number of aromatic amines is 1. The third-order valence-electron chi connectivity index (χ3n) is 4.34. The molecule has 1 aromatic rings. The van der Waals surface area contributed by atoms with Crippen LogP contribution in [0.25, 0.3) is 0 Å². The summed E-state index contributed by atoms with van der Waals surface area (Å²) in [5, 5.41) is 0. The van der Waals surface area contributed by atoms with E-state index in [2.05, 4.69) is 9.97 Å². The highest BCUT2D eigenvalue weighted by molar-refractivity contribution is 5.18. The summed E-state index contributed by atoms with van der Waals surface area (Å²) in [6.07, 6.45) is 7.38. The lowest BCUT2D eigenvalue weighted by atomic mass is 9.92. The van der Waals surface area contributed by atoms with Crippen LogP contribution in [0.4, 0.5) is 0 Å². The van der Waals surface area contributed by atoms with E-state index in [9.17, 15) is 4.79 Å². The zero-order valence-corrected chi connectivity index (χ0v) is 12.9. The zero-order chi connectivity index (χ0) is 14.6. The maximum atomic E-state index is 12.2. The molecule has 20 heavy (non-hydrogen) atoms. The Kier molecular flexibility index (Phi) is 4.97. The van der Waals surface area contributed by atoms with Gasteiger partial charge in [0.05, 0.1) is 0 Å². The largest absolute Gasteiger partial charge is 0.367 e. The highest BCUT2D eigenvalue weighted by Crippen LogP contribution is 2.37. The molecule has 0 saturated heterocycles. The predicted octanol–water partition coefficient (Wildman–Crippen LogP) is 3.23. The van der Waals surface area contributed by atoms with Gasteiger partial charge in [-0.2, -0.15) is 0 Å². The first-order chi connectivity index (χ1) is 9.63. The Morgan fingerprint density at radius 2 is 1.85 bits per heavy atom. The molecule has 1 fully saturated rings. The van der Waals surface area contributed by atoms with Crippen LogP contribution in [0.1, 0.15) is 69.5 Å². The van der Waals surface area contributed by atoms with Crippen molar-refractivity contribution < 1.29 is 4.74 Å². The van der Waals surface area contributed by atoms with Crippen molar-refractivity contribution in [2.24, 2.45) is 0 Å². The van der Waals surface area contributed by atoms with Crippen LogP contribution in [0.2, 0.25) is 0 Å². The number of ether oxygens (including phenoxy) is 1.